The molecule has 2 rings (SSSR count). The highest BCUT2D eigenvalue weighted by Gasteiger charge is 2.21. The lowest BCUT2D eigenvalue weighted by molar-refractivity contribution is 0.0526. The summed E-state index contributed by atoms with van der Waals surface area (Å²) < 4.78 is 31.6. The Morgan fingerprint density at radius 2 is 1.52 bits per heavy atom. The molecule has 6 heteroatoms. The van der Waals surface area contributed by atoms with Gasteiger partial charge in [-0.3, -0.25) is 0 Å². The predicted octanol–water partition coefficient (Wildman–Crippen LogP) is 3.25. The highest BCUT2D eigenvalue weighted by Crippen LogP contribution is 2.18. The van der Waals surface area contributed by atoms with E-state index in [0.717, 1.165) is 12.0 Å². The first-order chi connectivity index (χ1) is 11.9. The fourth-order valence-electron chi connectivity index (χ4n) is 2.38. The van der Waals surface area contributed by atoms with Crippen LogP contribution < -0.4 is 0 Å². The van der Waals surface area contributed by atoms with Crippen molar-refractivity contribution < 1.29 is 17.9 Å². The second kappa shape index (κ2) is 8.27. The van der Waals surface area contributed by atoms with Crippen LogP contribution in [-0.2, 0) is 27.7 Å². The summed E-state index contributed by atoms with van der Waals surface area (Å²) >= 11 is 0. The number of benzene rings is 2. The lowest BCUT2D eigenvalue weighted by Gasteiger charge is -2.17. The van der Waals surface area contributed by atoms with Crippen LogP contribution in [0.5, 0.6) is 0 Å². The number of carbonyl (C=O) groups is 1. The number of sulfonamides is 1. The van der Waals surface area contributed by atoms with E-state index in [1.54, 1.807) is 14.0 Å². The van der Waals surface area contributed by atoms with Crippen LogP contribution in [0.15, 0.2) is 53.4 Å². The Hall–Kier alpha value is -2.18. The van der Waals surface area contributed by atoms with E-state index in [2.05, 4.69) is 6.92 Å². The molecule has 0 bridgehead atoms. The van der Waals surface area contributed by atoms with E-state index in [4.69, 9.17) is 4.74 Å². The molecule has 0 aromatic heterocycles. The SMILES string of the molecule is CCOC(=O)c1ccc(S(=O)(=O)N(C)Cc2ccc(CC)cc2)cc1. The van der Waals surface area contributed by atoms with Crippen molar-refractivity contribution in [2.75, 3.05) is 13.7 Å². The van der Waals surface area contributed by atoms with Crippen LogP contribution in [0.25, 0.3) is 0 Å². The Labute approximate surface area is 149 Å². The van der Waals surface area contributed by atoms with Gasteiger partial charge in [0.15, 0.2) is 0 Å². The monoisotopic (exact) mass is 361 g/mol. The molecule has 0 fully saturated rings. The summed E-state index contributed by atoms with van der Waals surface area (Å²) in [6, 6.07) is 13.7. The molecule has 2 aromatic rings. The lowest BCUT2D eigenvalue weighted by atomic mass is 10.1. The second-order valence-electron chi connectivity index (χ2n) is 5.68. The fraction of sp³-hybridized carbons (Fsp3) is 0.316. The molecule has 0 unspecified atom stereocenters. The van der Waals surface area contributed by atoms with E-state index in [1.807, 2.05) is 24.3 Å². The number of nitrogens with zero attached hydrogens (tertiary/aromatic N) is 1. The van der Waals surface area contributed by atoms with Crippen molar-refractivity contribution in [2.24, 2.45) is 0 Å². The van der Waals surface area contributed by atoms with Crippen LogP contribution in [0.3, 0.4) is 0 Å². The number of esters is 1. The largest absolute Gasteiger partial charge is 0.462 e. The van der Waals surface area contributed by atoms with Gasteiger partial charge in [0.05, 0.1) is 17.1 Å². The van der Waals surface area contributed by atoms with Gasteiger partial charge in [-0.15, -0.1) is 0 Å². The Kier molecular flexibility index (Phi) is 6.33. The van der Waals surface area contributed by atoms with E-state index < -0.39 is 16.0 Å². The first-order valence-corrected chi connectivity index (χ1v) is 9.63. The normalized spacial score (nSPS) is 11.5. The van der Waals surface area contributed by atoms with Crippen molar-refractivity contribution in [3.05, 3.63) is 65.2 Å². The first kappa shape index (κ1) is 19.1. The number of rotatable bonds is 7. The van der Waals surface area contributed by atoms with E-state index in [9.17, 15) is 13.2 Å². The molecule has 0 saturated carbocycles. The molecular weight excluding hydrogens is 338 g/mol. The van der Waals surface area contributed by atoms with Crippen LogP contribution in [0.1, 0.15) is 35.3 Å². The maximum atomic E-state index is 12.7. The van der Waals surface area contributed by atoms with Crippen molar-refractivity contribution in [3.8, 4) is 0 Å². The summed E-state index contributed by atoms with van der Waals surface area (Å²) in [5, 5.41) is 0. The zero-order valence-corrected chi connectivity index (χ0v) is 15.5. The molecule has 0 aliphatic carbocycles. The zero-order chi connectivity index (χ0) is 18.4. The average Bonchev–Trinajstić information content (AvgIpc) is 2.62. The molecule has 0 heterocycles. The quantitative estimate of drug-likeness (QED) is 0.710. The highest BCUT2D eigenvalue weighted by molar-refractivity contribution is 7.89. The van der Waals surface area contributed by atoms with Crippen LogP contribution in [0, 0.1) is 0 Å². The molecule has 5 nitrogen and oxygen atoms in total. The van der Waals surface area contributed by atoms with E-state index >= 15 is 0 Å². The van der Waals surface area contributed by atoms with Crippen LogP contribution in [0.2, 0.25) is 0 Å². The van der Waals surface area contributed by atoms with Gasteiger partial charge in [0, 0.05) is 13.6 Å². The summed E-state index contributed by atoms with van der Waals surface area (Å²) in [5.41, 5.74) is 2.47. The van der Waals surface area contributed by atoms with Crippen molar-refractivity contribution in [1.29, 1.82) is 0 Å². The third-order valence-corrected chi connectivity index (χ3v) is 5.73. The number of carbonyl (C=O) groups excluding carboxylic acids is 1. The molecule has 0 aliphatic rings. The van der Waals surface area contributed by atoms with Crippen molar-refractivity contribution in [2.45, 2.75) is 31.7 Å². The molecule has 0 saturated heterocycles. The molecule has 0 aliphatic heterocycles. The standard InChI is InChI=1S/C19H23NO4S/c1-4-15-6-8-16(9-7-15)14-20(3)25(22,23)18-12-10-17(11-13-18)19(21)24-5-2/h6-13H,4-5,14H2,1-3H3. The van der Waals surface area contributed by atoms with E-state index in [1.165, 1.54) is 34.1 Å². The minimum Gasteiger partial charge on any atom is -0.462 e. The average molecular weight is 361 g/mol. The van der Waals surface area contributed by atoms with Gasteiger partial charge in [-0.2, -0.15) is 4.31 Å². The third kappa shape index (κ3) is 4.67. The summed E-state index contributed by atoms with van der Waals surface area (Å²) in [5.74, 6) is -0.462. The molecule has 0 N–H and O–H groups in total. The van der Waals surface area contributed by atoms with Crippen molar-refractivity contribution >= 4 is 16.0 Å². The van der Waals surface area contributed by atoms with Crippen LogP contribution >= 0.6 is 0 Å². The Morgan fingerprint density at radius 3 is 2.04 bits per heavy atom. The van der Waals surface area contributed by atoms with E-state index in [-0.39, 0.29) is 18.0 Å². The van der Waals surface area contributed by atoms with Gasteiger partial charge < -0.3 is 4.74 Å². The zero-order valence-electron chi connectivity index (χ0n) is 14.7. The minimum absolute atomic E-state index is 0.147. The predicted molar refractivity (Wildman–Crippen MR) is 96.9 cm³/mol. The maximum absolute atomic E-state index is 12.7. The van der Waals surface area contributed by atoms with E-state index in [0.29, 0.717) is 5.56 Å². The molecule has 0 amide bonds. The lowest BCUT2D eigenvalue weighted by Crippen LogP contribution is -2.26. The number of aryl methyl sites for hydroxylation is 1. The summed E-state index contributed by atoms with van der Waals surface area (Å²) in [6.07, 6.45) is 0.946. The molecular formula is C19H23NO4S. The summed E-state index contributed by atoms with van der Waals surface area (Å²) in [6.45, 7) is 4.36. The summed E-state index contributed by atoms with van der Waals surface area (Å²) in [4.78, 5) is 11.8. The van der Waals surface area contributed by atoms with Crippen LogP contribution in [0.4, 0.5) is 0 Å². The molecule has 2 aromatic carbocycles. The van der Waals surface area contributed by atoms with Gasteiger partial charge in [0.1, 0.15) is 0 Å². The van der Waals surface area contributed by atoms with Gasteiger partial charge in [0.2, 0.25) is 10.0 Å². The van der Waals surface area contributed by atoms with Crippen LogP contribution in [-0.4, -0.2) is 32.3 Å². The van der Waals surface area contributed by atoms with Crippen molar-refractivity contribution in [1.82, 2.24) is 4.31 Å². The van der Waals surface area contributed by atoms with Gasteiger partial charge in [-0.25, -0.2) is 13.2 Å². The molecule has 0 atom stereocenters. The number of hydrogen-bond donors (Lipinski definition) is 0. The van der Waals surface area contributed by atoms with Gasteiger partial charge in [-0.1, -0.05) is 31.2 Å². The molecule has 134 valence electrons. The van der Waals surface area contributed by atoms with Gasteiger partial charge in [-0.05, 0) is 48.7 Å². The number of ether oxygens (including phenoxy) is 1. The van der Waals surface area contributed by atoms with Gasteiger partial charge >= 0.3 is 5.97 Å². The third-order valence-electron chi connectivity index (χ3n) is 3.91. The first-order valence-electron chi connectivity index (χ1n) is 8.19. The number of hydrogen-bond acceptors (Lipinski definition) is 4. The topological polar surface area (TPSA) is 63.7 Å². The fourth-order valence-corrected chi connectivity index (χ4v) is 3.54. The molecule has 0 radical (unpaired) electrons. The van der Waals surface area contributed by atoms with Gasteiger partial charge in [0.25, 0.3) is 0 Å². The molecule has 25 heavy (non-hydrogen) atoms. The Bertz CT molecular complexity index is 812. The minimum atomic E-state index is -3.63. The maximum Gasteiger partial charge on any atom is 0.338 e. The second-order valence-corrected chi connectivity index (χ2v) is 7.72. The van der Waals surface area contributed by atoms with Crippen molar-refractivity contribution in [3.63, 3.8) is 0 Å². The Morgan fingerprint density at radius 1 is 0.960 bits per heavy atom. The highest BCUT2D eigenvalue weighted by atomic mass is 32.2. The molecule has 0 spiro atoms. The smallest absolute Gasteiger partial charge is 0.338 e. The summed E-state index contributed by atoms with van der Waals surface area (Å²) in [7, 11) is -2.08. The Balaban J connectivity index is 2.14.